The van der Waals surface area contributed by atoms with E-state index in [1.165, 1.54) is 13.2 Å². The van der Waals surface area contributed by atoms with Crippen LogP contribution in [0.25, 0.3) is 6.08 Å². The molecular formula is C18H17NO4S. The van der Waals surface area contributed by atoms with Crippen molar-refractivity contribution in [1.29, 1.82) is 0 Å². The molecule has 0 saturated carbocycles. The minimum Gasteiger partial charge on any atom is -0.495 e. The Balaban J connectivity index is 1.95. The molecule has 2 aromatic carbocycles. The molecule has 6 heteroatoms. The number of hydrogen-bond donors (Lipinski definition) is 1. The third-order valence-electron chi connectivity index (χ3n) is 3.92. The van der Waals surface area contributed by atoms with Gasteiger partial charge in [-0.3, -0.25) is 9.52 Å². The Bertz CT molecular complexity index is 945. The van der Waals surface area contributed by atoms with Gasteiger partial charge in [0.1, 0.15) is 10.6 Å². The van der Waals surface area contributed by atoms with E-state index in [2.05, 4.69) is 4.72 Å². The van der Waals surface area contributed by atoms with Crippen molar-refractivity contribution in [3.63, 3.8) is 0 Å². The van der Waals surface area contributed by atoms with Crippen molar-refractivity contribution < 1.29 is 17.9 Å². The van der Waals surface area contributed by atoms with Crippen LogP contribution in [0.2, 0.25) is 0 Å². The monoisotopic (exact) mass is 343 g/mol. The topological polar surface area (TPSA) is 72.5 Å². The standard InChI is InChI=1S/C18H17NO4S/c1-12-9-14-10-15(8-7-13(14)11-16(12)20)19-24(21,22)18-6-4-3-5-17(18)23-2/h3-10,19H,11H2,1-2H3. The number of ether oxygens (including phenoxy) is 1. The van der Waals surface area contributed by atoms with Crippen LogP contribution in [0.4, 0.5) is 5.69 Å². The van der Waals surface area contributed by atoms with Gasteiger partial charge in [0.15, 0.2) is 5.78 Å². The van der Waals surface area contributed by atoms with Crippen LogP contribution in [0.15, 0.2) is 52.9 Å². The molecule has 0 heterocycles. The quantitative estimate of drug-likeness (QED) is 0.926. The van der Waals surface area contributed by atoms with Crippen LogP contribution in [0.1, 0.15) is 18.1 Å². The zero-order valence-corrected chi connectivity index (χ0v) is 14.2. The van der Waals surface area contributed by atoms with E-state index in [9.17, 15) is 13.2 Å². The smallest absolute Gasteiger partial charge is 0.265 e. The second-order valence-electron chi connectivity index (χ2n) is 5.60. The van der Waals surface area contributed by atoms with E-state index in [0.29, 0.717) is 17.7 Å². The molecule has 0 saturated heterocycles. The number of methoxy groups -OCH3 is 1. The minimum absolute atomic E-state index is 0.0760. The number of benzene rings is 2. The van der Waals surface area contributed by atoms with Gasteiger partial charge in [-0.25, -0.2) is 8.42 Å². The number of sulfonamides is 1. The summed E-state index contributed by atoms with van der Waals surface area (Å²) in [5.41, 5.74) is 2.86. The van der Waals surface area contributed by atoms with Crippen molar-refractivity contribution in [2.24, 2.45) is 0 Å². The molecule has 0 unspecified atom stereocenters. The number of hydrogen-bond acceptors (Lipinski definition) is 4. The summed E-state index contributed by atoms with van der Waals surface area (Å²) in [5, 5.41) is 0. The van der Waals surface area contributed by atoms with Gasteiger partial charge in [-0.15, -0.1) is 0 Å². The highest BCUT2D eigenvalue weighted by molar-refractivity contribution is 7.92. The number of para-hydroxylation sites is 1. The van der Waals surface area contributed by atoms with Crippen molar-refractivity contribution in [1.82, 2.24) is 0 Å². The average Bonchev–Trinajstić information content (AvgIpc) is 2.56. The molecule has 0 bridgehead atoms. The molecule has 5 nitrogen and oxygen atoms in total. The highest BCUT2D eigenvalue weighted by Gasteiger charge is 2.20. The zero-order valence-electron chi connectivity index (χ0n) is 13.4. The summed E-state index contributed by atoms with van der Waals surface area (Å²) in [6.45, 7) is 1.76. The van der Waals surface area contributed by atoms with Gasteiger partial charge < -0.3 is 4.74 Å². The maximum atomic E-state index is 12.6. The Labute approximate surface area is 141 Å². The summed E-state index contributed by atoms with van der Waals surface area (Å²) in [5.74, 6) is 0.370. The number of Topliss-reactive ketones (excluding diaryl/α,β-unsaturated/α-hetero) is 1. The van der Waals surface area contributed by atoms with E-state index in [-0.39, 0.29) is 16.4 Å². The first-order valence-electron chi connectivity index (χ1n) is 7.41. The fraction of sp³-hybridized carbons (Fsp3) is 0.167. The molecule has 0 aliphatic heterocycles. The molecule has 1 aliphatic rings. The van der Waals surface area contributed by atoms with Gasteiger partial charge in [-0.2, -0.15) is 0 Å². The zero-order chi connectivity index (χ0) is 17.3. The third kappa shape index (κ3) is 3.05. The van der Waals surface area contributed by atoms with Crippen LogP contribution < -0.4 is 9.46 Å². The largest absolute Gasteiger partial charge is 0.495 e. The van der Waals surface area contributed by atoms with Crippen LogP contribution >= 0.6 is 0 Å². The molecule has 2 aromatic rings. The van der Waals surface area contributed by atoms with Crippen LogP contribution in [0.3, 0.4) is 0 Å². The van der Waals surface area contributed by atoms with Crippen molar-refractivity contribution in [3.05, 3.63) is 59.2 Å². The van der Waals surface area contributed by atoms with Crippen molar-refractivity contribution in [2.45, 2.75) is 18.2 Å². The molecule has 124 valence electrons. The molecule has 0 fully saturated rings. The van der Waals surface area contributed by atoms with Gasteiger partial charge in [0, 0.05) is 12.1 Å². The number of carbonyl (C=O) groups excluding carboxylic acids is 1. The van der Waals surface area contributed by atoms with Crippen LogP contribution in [0, 0.1) is 0 Å². The number of allylic oxidation sites excluding steroid dienone is 1. The molecule has 0 atom stereocenters. The molecular weight excluding hydrogens is 326 g/mol. The second kappa shape index (κ2) is 6.13. The summed E-state index contributed by atoms with van der Waals surface area (Å²) in [6, 6.07) is 11.6. The van der Waals surface area contributed by atoms with Crippen LogP contribution in [-0.2, 0) is 21.2 Å². The lowest BCUT2D eigenvalue weighted by Gasteiger charge is -2.16. The summed E-state index contributed by atoms with van der Waals surface area (Å²) >= 11 is 0. The van der Waals surface area contributed by atoms with Crippen molar-refractivity contribution in [3.8, 4) is 5.75 Å². The SMILES string of the molecule is COc1ccccc1S(=O)(=O)Nc1ccc2c(c1)C=C(C)C(=O)C2. The van der Waals surface area contributed by atoms with E-state index in [1.54, 1.807) is 49.4 Å². The Morgan fingerprint density at radius 1 is 1.12 bits per heavy atom. The normalized spacial score (nSPS) is 13.9. The lowest BCUT2D eigenvalue weighted by molar-refractivity contribution is -0.114. The van der Waals surface area contributed by atoms with Crippen molar-refractivity contribution >= 4 is 27.6 Å². The van der Waals surface area contributed by atoms with Gasteiger partial charge in [-0.05, 0) is 54.0 Å². The first-order chi connectivity index (χ1) is 11.4. The van der Waals surface area contributed by atoms with Gasteiger partial charge in [-0.1, -0.05) is 18.2 Å². The number of fused-ring (bicyclic) bond motifs is 1. The fourth-order valence-corrected chi connectivity index (χ4v) is 3.85. The summed E-state index contributed by atoms with van der Waals surface area (Å²) in [7, 11) is -2.34. The molecule has 0 spiro atoms. The molecule has 1 aliphatic carbocycles. The van der Waals surface area contributed by atoms with Gasteiger partial charge in [0.2, 0.25) is 0 Å². The minimum atomic E-state index is -3.77. The second-order valence-corrected chi connectivity index (χ2v) is 7.25. The predicted molar refractivity (Wildman–Crippen MR) is 92.6 cm³/mol. The Morgan fingerprint density at radius 2 is 1.88 bits per heavy atom. The van der Waals surface area contributed by atoms with Gasteiger partial charge in [0.25, 0.3) is 10.0 Å². The van der Waals surface area contributed by atoms with Gasteiger partial charge in [0.05, 0.1) is 7.11 Å². The van der Waals surface area contributed by atoms with Crippen LogP contribution in [0.5, 0.6) is 5.75 Å². The third-order valence-corrected chi connectivity index (χ3v) is 5.34. The molecule has 0 radical (unpaired) electrons. The summed E-state index contributed by atoms with van der Waals surface area (Å²) in [4.78, 5) is 11.8. The molecule has 3 rings (SSSR count). The van der Waals surface area contributed by atoms with Gasteiger partial charge >= 0.3 is 0 Å². The first-order valence-corrected chi connectivity index (χ1v) is 8.89. The maximum absolute atomic E-state index is 12.6. The van der Waals surface area contributed by atoms with E-state index in [1.807, 2.05) is 0 Å². The van der Waals surface area contributed by atoms with Crippen LogP contribution in [-0.4, -0.2) is 21.3 Å². The van der Waals surface area contributed by atoms with E-state index < -0.39 is 10.0 Å². The highest BCUT2D eigenvalue weighted by atomic mass is 32.2. The molecule has 0 amide bonds. The van der Waals surface area contributed by atoms with E-state index in [4.69, 9.17) is 4.74 Å². The fourth-order valence-electron chi connectivity index (χ4n) is 2.63. The average molecular weight is 343 g/mol. The number of nitrogens with one attached hydrogen (secondary N) is 1. The molecule has 1 N–H and O–H groups in total. The summed E-state index contributed by atoms with van der Waals surface area (Å²) < 4.78 is 32.9. The Morgan fingerprint density at radius 3 is 2.62 bits per heavy atom. The number of carbonyl (C=O) groups is 1. The molecule has 24 heavy (non-hydrogen) atoms. The lowest BCUT2D eigenvalue weighted by atomic mass is 9.92. The maximum Gasteiger partial charge on any atom is 0.265 e. The lowest BCUT2D eigenvalue weighted by Crippen LogP contribution is -2.15. The number of anilines is 1. The Kier molecular flexibility index (Phi) is 4.15. The highest BCUT2D eigenvalue weighted by Crippen LogP contribution is 2.28. The number of ketones is 1. The van der Waals surface area contributed by atoms with Crippen molar-refractivity contribution in [2.75, 3.05) is 11.8 Å². The molecule has 0 aromatic heterocycles. The summed E-state index contributed by atoms with van der Waals surface area (Å²) in [6.07, 6.45) is 2.12. The Hall–Kier alpha value is -2.60. The first kappa shape index (κ1) is 16.3. The number of rotatable bonds is 4. The van der Waals surface area contributed by atoms with E-state index >= 15 is 0 Å². The van der Waals surface area contributed by atoms with E-state index in [0.717, 1.165) is 11.1 Å². The predicted octanol–water partition coefficient (Wildman–Crippen LogP) is 3.02.